The average Bonchev–Trinajstić information content (AvgIpc) is 2.53. The Morgan fingerprint density at radius 2 is 1.90 bits per heavy atom. The zero-order valence-electron chi connectivity index (χ0n) is 12.7. The molecular weight excluding hydrogens is 262 g/mol. The molecule has 21 heavy (non-hydrogen) atoms. The number of rotatable bonds is 2. The number of anilines is 1. The van der Waals surface area contributed by atoms with Gasteiger partial charge in [-0.25, -0.2) is 0 Å². The molecule has 0 N–H and O–H groups in total. The highest BCUT2D eigenvalue weighted by molar-refractivity contribution is 5.85. The zero-order valence-corrected chi connectivity index (χ0v) is 12.7. The number of nitrogens with zero attached hydrogens (tertiary/aromatic N) is 3. The minimum Gasteiger partial charge on any atom is -0.368 e. The van der Waals surface area contributed by atoms with E-state index in [9.17, 15) is 4.79 Å². The van der Waals surface area contributed by atoms with Crippen LogP contribution in [0.15, 0.2) is 30.5 Å². The van der Waals surface area contributed by atoms with Crippen molar-refractivity contribution in [3.05, 3.63) is 36.2 Å². The number of piperazine rings is 1. The lowest BCUT2D eigenvalue weighted by Gasteiger charge is -2.35. The Kier molecular flexibility index (Phi) is 3.78. The van der Waals surface area contributed by atoms with Gasteiger partial charge in [-0.2, -0.15) is 0 Å². The smallest absolute Gasteiger partial charge is 0.219 e. The van der Waals surface area contributed by atoms with E-state index in [4.69, 9.17) is 0 Å². The van der Waals surface area contributed by atoms with Crippen molar-refractivity contribution in [2.45, 2.75) is 20.3 Å². The first-order valence-electron chi connectivity index (χ1n) is 7.56. The third kappa shape index (κ3) is 2.84. The van der Waals surface area contributed by atoms with Crippen LogP contribution < -0.4 is 4.90 Å². The third-order valence-corrected chi connectivity index (χ3v) is 4.21. The van der Waals surface area contributed by atoms with Gasteiger partial charge in [-0.15, -0.1) is 0 Å². The van der Waals surface area contributed by atoms with Gasteiger partial charge in [0.15, 0.2) is 0 Å². The lowest BCUT2D eigenvalue weighted by Crippen LogP contribution is -2.48. The summed E-state index contributed by atoms with van der Waals surface area (Å²) in [7, 11) is 0. The highest BCUT2D eigenvalue weighted by Gasteiger charge is 2.18. The van der Waals surface area contributed by atoms with Crippen LogP contribution in [-0.4, -0.2) is 42.0 Å². The summed E-state index contributed by atoms with van der Waals surface area (Å²) >= 11 is 0. The fraction of sp³-hybridized carbons (Fsp3) is 0.412. The van der Waals surface area contributed by atoms with Crippen molar-refractivity contribution in [1.29, 1.82) is 0 Å². The number of benzene rings is 1. The van der Waals surface area contributed by atoms with Crippen LogP contribution in [0.4, 0.5) is 5.69 Å². The summed E-state index contributed by atoms with van der Waals surface area (Å²) in [4.78, 5) is 20.1. The van der Waals surface area contributed by atoms with Gasteiger partial charge in [0, 0.05) is 56.1 Å². The number of pyridine rings is 1. The molecule has 1 fully saturated rings. The molecule has 1 aromatic carbocycles. The normalized spacial score (nSPS) is 15.5. The number of hydrogen-bond acceptors (Lipinski definition) is 3. The highest BCUT2D eigenvalue weighted by atomic mass is 16.2. The standard InChI is InChI=1S/C17H21N3O/c1-3-16-10-15-11-17(5-4-14(15)12-18-16)20-8-6-19(7-9-20)13(2)21/h4-5,10-12H,3,6-9H2,1-2H3. The quantitative estimate of drug-likeness (QED) is 0.849. The summed E-state index contributed by atoms with van der Waals surface area (Å²) in [5.74, 6) is 0.173. The second-order valence-electron chi connectivity index (χ2n) is 5.55. The monoisotopic (exact) mass is 283 g/mol. The molecule has 0 atom stereocenters. The molecule has 1 aliphatic heterocycles. The molecular formula is C17H21N3O. The number of carbonyl (C=O) groups excluding carboxylic acids is 1. The molecule has 0 saturated carbocycles. The molecule has 0 spiro atoms. The third-order valence-electron chi connectivity index (χ3n) is 4.21. The molecule has 1 aliphatic rings. The van der Waals surface area contributed by atoms with Crippen LogP contribution in [0, 0.1) is 0 Å². The number of hydrogen-bond donors (Lipinski definition) is 0. The minimum atomic E-state index is 0.173. The lowest BCUT2D eigenvalue weighted by atomic mass is 10.1. The van der Waals surface area contributed by atoms with Gasteiger partial charge in [0.05, 0.1) is 0 Å². The van der Waals surface area contributed by atoms with Crippen LogP contribution in [0.5, 0.6) is 0 Å². The molecule has 1 aromatic heterocycles. The number of carbonyl (C=O) groups is 1. The van der Waals surface area contributed by atoms with E-state index < -0.39 is 0 Å². The topological polar surface area (TPSA) is 36.4 Å². The van der Waals surface area contributed by atoms with Crippen LogP contribution in [-0.2, 0) is 11.2 Å². The fourth-order valence-corrected chi connectivity index (χ4v) is 2.84. The van der Waals surface area contributed by atoms with Gasteiger partial charge in [-0.1, -0.05) is 13.0 Å². The molecule has 110 valence electrons. The van der Waals surface area contributed by atoms with Crippen molar-refractivity contribution in [3.8, 4) is 0 Å². The van der Waals surface area contributed by atoms with Crippen molar-refractivity contribution >= 4 is 22.4 Å². The van der Waals surface area contributed by atoms with Crippen LogP contribution >= 0.6 is 0 Å². The average molecular weight is 283 g/mol. The number of fused-ring (bicyclic) bond motifs is 1. The Morgan fingerprint density at radius 1 is 1.14 bits per heavy atom. The van der Waals surface area contributed by atoms with E-state index in [-0.39, 0.29) is 5.91 Å². The van der Waals surface area contributed by atoms with Gasteiger partial charge in [0.25, 0.3) is 0 Å². The van der Waals surface area contributed by atoms with E-state index in [1.165, 1.54) is 16.5 Å². The van der Waals surface area contributed by atoms with E-state index in [1.54, 1.807) is 6.92 Å². The number of amides is 1. The molecule has 0 radical (unpaired) electrons. The molecule has 0 unspecified atom stereocenters. The Balaban J connectivity index is 1.82. The summed E-state index contributed by atoms with van der Waals surface area (Å²) in [6.07, 6.45) is 2.91. The predicted molar refractivity (Wildman–Crippen MR) is 85.6 cm³/mol. The first kappa shape index (κ1) is 13.9. The Labute approximate surface area is 125 Å². The zero-order chi connectivity index (χ0) is 14.8. The SMILES string of the molecule is CCc1cc2cc(N3CCN(C(C)=O)CC3)ccc2cn1. The predicted octanol–water partition coefficient (Wildman–Crippen LogP) is 2.47. The van der Waals surface area contributed by atoms with Gasteiger partial charge in [0.1, 0.15) is 0 Å². The molecule has 4 heteroatoms. The van der Waals surface area contributed by atoms with Crippen LogP contribution in [0.3, 0.4) is 0 Å². The van der Waals surface area contributed by atoms with Crippen molar-refractivity contribution in [1.82, 2.24) is 9.88 Å². The van der Waals surface area contributed by atoms with Gasteiger partial charge in [0.2, 0.25) is 5.91 Å². The van der Waals surface area contributed by atoms with Crippen LogP contribution in [0.2, 0.25) is 0 Å². The summed E-state index contributed by atoms with van der Waals surface area (Å²) in [5.41, 5.74) is 2.36. The van der Waals surface area contributed by atoms with E-state index in [1.807, 2.05) is 11.1 Å². The summed E-state index contributed by atoms with van der Waals surface area (Å²) in [5, 5.41) is 2.42. The second-order valence-corrected chi connectivity index (χ2v) is 5.55. The largest absolute Gasteiger partial charge is 0.368 e. The van der Waals surface area contributed by atoms with Crippen molar-refractivity contribution in [3.63, 3.8) is 0 Å². The maximum atomic E-state index is 11.4. The summed E-state index contributed by atoms with van der Waals surface area (Å²) in [6, 6.07) is 8.69. The molecule has 2 heterocycles. The summed E-state index contributed by atoms with van der Waals surface area (Å²) < 4.78 is 0. The molecule has 3 rings (SSSR count). The van der Waals surface area contributed by atoms with E-state index in [0.29, 0.717) is 0 Å². The Hall–Kier alpha value is -2.10. The number of aromatic nitrogens is 1. The lowest BCUT2D eigenvalue weighted by molar-refractivity contribution is -0.129. The number of aryl methyl sites for hydroxylation is 1. The molecule has 4 nitrogen and oxygen atoms in total. The molecule has 2 aromatic rings. The summed E-state index contributed by atoms with van der Waals surface area (Å²) in [6.45, 7) is 7.19. The van der Waals surface area contributed by atoms with Gasteiger partial charge >= 0.3 is 0 Å². The maximum absolute atomic E-state index is 11.4. The van der Waals surface area contributed by atoms with Crippen molar-refractivity contribution in [2.75, 3.05) is 31.1 Å². The first-order valence-corrected chi connectivity index (χ1v) is 7.56. The van der Waals surface area contributed by atoms with Crippen molar-refractivity contribution in [2.24, 2.45) is 0 Å². The maximum Gasteiger partial charge on any atom is 0.219 e. The Morgan fingerprint density at radius 3 is 2.57 bits per heavy atom. The molecule has 0 bridgehead atoms. The minimum absolute atomic E-state index is 0.173. The Bertz CT molecular complexity index is 660. The molecule has 1 amide bonds. The fourth-order valence-electron chi connectivity index (χ4n) is 2.84. The molecule has 0 aliphatic carbocycles. The second kappa shape index (κ2) is 5.72. The van der Waals surface area contributed by atoms with Gasteiger partial charge < -0.3 is 9.80 Å². The van der Waals surface area contributed by atoms with Gasteiger partial charge in [-0.3, -0.25) is 9.78 Å². The van der Waals surface area contributed by atoms with E-state index in [2.05, 4.69) is 41.1 Å². The van der Waals surface area contributed by atoms with Gasteiger partial charge in [-0.05, 0) is 30.0 Å². The van der Waals surface area contributed by atoms with E-state index in [0.717, 1.165) is 38.3 Å². The van der Waals surface area contributed by atoms with Crippen molar-refractivity contribution < 1.29 is 4.79 Å². The van der Waals surface area contributed by atoms with E-state index >= 15 is 0 Å². The first-order chi connectivity index (χ1) is 10.2. The van der Waals surface area contributed by atoms with Crippen LogP contribution in [0.25, 0.3) is 10.8 Å². The highest BCUT2D eigenvalue weighted by Crippen LogP contribution is 2.23. The molecule has 1 saturated heterocycles. The van der Waals surface area contributed by atoms with Crippen LogP contribution in [0.1, 0.15) is 19.5 Å².